The molecule has 0 spiro atoms. The van der Waals surface area contributed by atoms with E-state index in [4.69, 9.17) is 10.5 Å². The molecule has 1 aromatic heterocycles. The van der Waals surface area contributed by atoms with Crippen LogP contribution in [0.2, 0.25) is 0 Å². The molecule has 0 radical (unpaired) electrons. The average Bonchev–Trinajstić information content (AvgIpc) is 2.96. The van der Waals surface area contributed by atoms with Crippen molar-refractivity contribution in [3.05, 3.63) is 41.2 Å². The number of nitrogens with zero attached hydrogens (tertiary/aromatic N) is 3. The zero-order valence-corrected chi connectivity index (χ0v) is 13.1. The van der Waals surface area contributed by atoms with Crippen LogP contribution in [-0.2, 0) is 17.7 Å². The number of nitrogens with two attached hydrogens (primary N) is 1. The first-order valence-electron chi connectivity index (χ1n) is 7.62. The number of carbonyl (C=O) groups excluding carboxylic acids is 1. The molecule has 0 amide bonds. The number of ether oxygens (including phenoxy) is 1. The number of benzene rings is 1. The SMILES string of the molecule is CCCOC(=O)c1cccc(-n2nnc(CN)c2CCC)c1. The van der Waals surface area contributed by atoms with Gasteiger partial charge in [-0.3, -0.25) is 0 Å². The standard InChI is InChI=1S/C16H22N4O2/c1-3-6-15-14(11-17)18-19-20(15)13-8-5-7-12(10-13)16(21)22-9-4-2/h5,7-8,10H,3-4,6,9,11,17H2,1-2H3. The van der Waals surface area contributed by atoms with E-state index in [1.807, 2.05) is 19.1 Å². The second kappa shape index (κ2) is 7.70. The molecule has 0 aliphatic heterocycles. The molecule has 0 bridgehead atoms. The largest absolute Gasteiger partial charge is 0.462 e. The minimum absolute atomic E-state index is 0.320. The number of hydrogen-bond acceptors (Lipinski definition) is 5. The fourth-order valence-corrected chi connectivity index (χ4v) is 2.23. The van der Waals surface area contributed by atoms with Crippen LogP contribution >= 0.6 is 0 Å². The highest BCUT2D eigenvalue weighted by Gasteiger charge is 2.14. The van der Waals surface area contributed by atoms with Crippen LogP contribution in [0.25, 0.3) is 5.69 Å². The van der Waals surface area contributed by atoms with Gasteiger partial charge in [0.15, 0.2) is 0 Å². The first kappa shape index (κ1) is 16.2. The summed E-state index contributed by atoms with van der Waals surface area (Å²) in [6.45, 7) is 4.83. The van der Waals surface area contributed by atoms with Crippen LogP contribution in [0.15, 0.2) is 24.3 Å². The first-order valence-corrected chi connectivity index (χ1v) is 7.62. The first-order chi connectivity index (χ1) is 10.7. The molecule has 2 rings (SSSR count). The minimum Gasteiger partial charge on any atom is -0.462 e. The van der Waals surface area contributed by atoms with Crippen LogP contribution in [0, 0.1) is 0 Å². The van der Waals surface area contributed by atoms with E-state index in [9.17, 15) is 4.79 Å². The second-order valence-corrected chi connectivity index (χ2v) is 5.04. The Balaban J connectivity index is 2.33. The van der Waals surface area contributed by atoms with Crippen LogP contribution in [0.4, 0.5) is 0 Å². The van der Waals surface area contributed by atoms with Gasteiger partial charge in [0.05, 0.1) is 29.2 Å². The number of esters is 1. The minimum atomic E-state index is -0.320. The summed E-state index contributed by atoms with van der Waals surface area (Å²) in [6, 6.07) is 7.22. The van der Waals surface area contributed by atoms with Gasteiger partial charge in [-0.25, -0.2) is 9.48 Å². The van der Waals surface area contributed by atoms with E-state index < -0.39 is 0 Å². The van der Waals surface area contributed by atoms with Crippen LogP contribution in [-0.4, -0.2) is 27.6 Å². The molecule has 1 heterocycles. The topological polar surface area (TPSA) is 83.0 Å². The van der Waals surface area contributed by atoms with Crippen molar-refractivity contribution in [2.45, 2.75) is 39.7 Å². The van der Waals surface area contributed by atoms with Crippen molar-refractivity contribution in [3.63, 3.8) is 0 Å². The molecule has 6 heteroatoms. The van der Waals surface area contributed by atoms with Gasteiger partial charge in [0, 0.05) is 6.54 Å². The molecule has 0 aliphatic carbocycles. The van der Waals surface area contributed by atoms with E-state index in [1.165, 1.54) is 0 Å². The van der Waals surface area contributed by atoms with Gasteiger partial charge in [0.2, 0.25) is 0 Å². The molecule has 0 atom stereocenters. The lowest BCUT2D eigenvalue weighted by Gasteiger charge is -2.08. The lowest BCUT2D eigenvalue weighted by atomic mass is 10.1. The Morgan fingerprint density at radius 2 is 2.14 bits per heavy atom. The number of rotatable bonds is 7. The molecule has 22 heavy (non-hydrogen) atoms. The number of carbonyl (C=O) groups is 1. The van der Waals surface area contributed by atoms with E-state index >= 15 is 0 Å². The summed E-state index contributed by atoms with van der Waals surface area (Å²) in [7, 11) is 0. The average molecular weight is 302 g/mol. The van der Waals surface area contributed by atoms with Gasteiger partial charge < -0.3 is 10.5 Å². The predicted octanol–water partition coefficient (Wildman–Crippen LogP) is 2.25. The molecule has 0 fully saturated rings. The van der Waals surface area contributed by atoms with Crippen molar-refractivity contribution >= 4 is 5.97 Å². The third kappa shape index (κ3) is 3.51. The van der Waals surface area contributed by atoms with E-state index in [-0.39, 0.29) is 5.97 Å². The Kier molecular flexibility index (Phi) is 5.66. The molecule has 118 valence electrons. The van der Waals surface area contributed by atoms with Crippen molar-refractivity contribution < 1.29 is 9.53 Å². The summed E-state index contributed by atoms with van der Waals surface area (Å²) in [5.74, 6) is -0.320. The van der Waals surface area contributed by atoms with Gasteiger partial charge in [-0.1, -0.05) is 31.5 Å². The lowest BCUT2D eigenvalue weighted by molar-refractivity contribution is 0.0505. The summed E-state index contributed by atoms with van der Waals surface area (Å²) >= 11 is 0. The summed E-state index contributed by atoms with van der Waals surface area (Å²) in [4.78, 5) is 12.0. The highest BCUT2D eigenvalue weighted by atomic mass is 16.5. The van der Waals surface area contributed by atoms with Gasteiger partial charge in [-0.2, -0.15) is 0 Å². The van der Waals surface area contributed by atoms with Crippen molar-refractivity contribution in [1.82, 2.24) is 15.0 Å². The molecule has 6 nitrogen and oxygen atoms in total. The molecule has 0 aliphatic rings. The Bertz CT molecular complexity index is 637. The molecule has 0 saturated heterocycles. The maximum Gasteiger partial charge on any atom is 0.338 e. The Labute approximate surface area is 130 Å². The quantitative estimate of drug-likeness (QED) is 0.793. The Morgan fingerprint density at radius 1 is 1.32 bits per heavy atom. The van der Waals surface area contributed by atoms with E-state index in [0.29, 0.717) is 18.7 Å². The van der Waals surface area contributed by atoms with Crippen molar-refractivity contribution in [2.75, 3.05) is 6.61 Å². The highest BCUT2D eigenvalue weighted by Crippen LogP contribution is 2.16. The Morgan fingerprint density at radius 3 is 2.82 bits per heavy atom. The molecule has 0 saturated carbocycles. The normalized spacial score (nSPS) is 10.7. The summed E-state index contributed by atoms with van der Waals surface area (Å²) in [5, 5.41) is 8.30. The third-order valence-electron chi connectivity index (χ3n) is 3.29. The summed E-state index contributed by atoms with van der Waals surface area (Å²) < 4.78 is 6.92. The molecular weight excluding hydrogens is 280 g/mol. The zero-order valence-electron chi connectivity index (χ0n) is 13.1. The van der Waals surface area contributed by atoms with Crippen LogP contribution in [0.1, 0.15) is 48.4 Å². The van der Waals surface area contributed by atoms with E-state index in [2.05, 4.69) is 17.2 Å². The highest BCUT2D eigenvalue weighted by molar-refractivity contribution is 5.90. The molecule has 1 aromatic carbocycles. The Hall–Kier alpha value is -2.21. The van der Waals surface area contributed by atoms with Crippen LogP contribution in [0.5, 0.6) is 0 Å². The lowest BCUT2D eigenvalue weighted by Crippen LogP contribution is -2.09. The summed E-state index contributed by atoms with van der Waals surface area (Å²) in [5.41, 5.74) is 8.80. The van der Waals surface area contributed by atoms with Gasteiger partial charge in [-0.15, -0.1) is 5.10 Å². The van der Waals surface area contributed by atoms with Gasteiger partial charge in [-0.05, 0) is 31.0 Å². The fourth-order valence-electron chi connectivity index (χ4n) is 2.23. The summed E-state index contributed by atoms with van der Waals surface area (Å²) in [6.07, 6.45) is 2.61. The van der Waals surface area contributed by atoms with E-state index in [0.717, 1.165) is 36.3 Å². The number of aromatic nitrogens is 3. The van der Waals surface area contributed by atoms with Crippen molar-refractivity contribution in [1.29, 1.82) is 0 Å². The third-order valence-corrected chi connectivity index (χ3v) is 3.29. The smallest absolute Gasteiger partial charge is 0.338 e. The second-order valence-electron chi connectivity index (χ2n) is 5.04. The molecule has 0 unspecified atom stereocenters. The molecular formula is C16H22N4O2. The fraction of sp³-hybridized carbons (Fsp3) is 0.438. The predicted molar refractivity (Wildman–Crippen MR) is 83.8 cm³/mol. The number of hydrogen-bond donors (Lipinski definition) is 1. The van der Waals surface area contributed by atoms with E-state index in [1.54, 1.807) is 16.8 Å². The zero-order chi connectivity index (χ0) is 15.9. The molecule has 2 N–H and O–H groups in total. The van der Waals surface area contributed by atoms with Crippen LogP contribution in [0.3, 0.4) is 0 Å². The maximum absolute atomic E-state index is 12.0. The van der Waals surface area contributed by atoms with Crippen LogP contribution < -0.4 is 5.73 Å². The monoisotopic (exact) mass is 302 g/mol. The maximum atomic E-state index is 12.0. The van der Waals surface area contributed by atoms with Gasteiger partial charge in [0.1, 0.15) is 0 Å². The van der Waals surface area contributed by atoms with Gasteiger partial charge >= 0.3 is 5.97 Å². The van der Waals surface area contributed by atoms with Gasteiger partial charge in [0.25, 0.3) is 0 Å². The molecule has 2 aromatic rings. The van der Waals surface area contributed by atoms with Crippen molar-refractivity contribution in [3.8, 4) is 5.69 Å². The van der Waals surface area contributed by atoms with Crippen molar-refractivity contribution in [2.24, 2.45) is 5.73 Å².